The number of ketones is 1. The van der Waals surface area contributed by atoms with Crippen molar-refractivity contribution in [2.24, 2.45) is 0 Å². The van der Waals surface area contributed by atoms with Gasteiger partial charge in [0.05, 0.1) is 6.20 Å². The van der Waals surface area contributed by atoms with E-state index in [1.807, 2.05) is 26.0 Å². The van der Waals surface area contributed by atoms with E-state index in [0.717, 1.165) is 5.56 Å². The topological polar surface area (TPSA) is 42.9 Å². The van der Waals surface area contributed by atoms with Gasteiger partial charge in [-0.2, -0.15) is 0 Å². The standard InChI is InChI=1S/C14H14N2O/c1-10-5-11(2)7-12(6-10)8-14(17)13-9-15-3-4-16-13/h3-7,9H,8H2,1-2H3. The Morgan fingerprint density at radius 2 is 1.82 bits per heavy atom. The normalized spacial score (nSPS) is 10.2. The Morgan fingerprint density at radius 3 is 2.41 bits per heavy atom. The van der Waals surface area contributed by atoms with Crippen molar-refractivity contribution in [3.05, 3.63) is 59.2 Å². The molecule has 2 aromatic rings. The van der Waals surface area contributed by atoms with E-state index in [9.17, 15) is 4.79 Å². The molecule has 0 saturated heterocycles. The Kier molecular flexibility index (Phi) is 3.28. The summed E-state index contributed by atoms with van der Waals surface area (Å²) in [6.45, 7) is 4.06. The first-order valence-corrected chi connectivity index (χ1v) is 5.51. The van der Waals surface area contributed by atoms with Crippen molar-refractivity contribution in [2.45, 2.75) is 20.3 Å². The zero-order valence-electron chi connectivity index (χ0n) is 9.97. The first kappa shape index (κ1) is 11.5. The van der Waals surface area contributed by atoms with Gasteiger partial charge in [-0.25, -0.2) is 4.98 Å². The van der Waals surface area contributed by atoms with Crippen LogP contribution in [0.4, 0.5) is 0 Å². The van der Waals surface area contributed by atoms with Crippen molar-refractivity contribution in [2.75, 3.05) is 0 Å². The van der Waals surface area contributed by atoms with Crippen LogP contribution in [-0.2, 0) is 6.42 Å². The van der Waals surface area contributed by atoms with Gasteiger partial charge in [0.15, 0.2) is 5.78 Å². The number of carbonyl (C=O) groups excluding carboxylic acids is 1. The maximum absolute atomic E-state index is 11.9. The summed E-state index contributed by atoms with van der Waals surface area (Å²) in [5.41, 5.74) is 3.80. The minimum Gasteiger partial charge on any atom is -0.292 e. The van der Waals surface area contributed by atoms with Crippen molar-refractivity contribution in [3.63, 3.8) is 0 Å². The number of nitrogens with zero attached hydrogens (tertiary/aromatic N) is 2. The first-order valence-electron chi connectivity index (χ1n) is 5.51. The molecule has 3 heteroatoms. The third kappa shape index (κ3) is 2.97. The minimum atomic E-state index is 0.00287. The molecule has 1 heterocycles. The fourth-order valence-electron chi connectivity index (χ4n) is 1.89. The lowest BCUT2D eigenvalue weighted by atomic mass is 10.0. The molecule has 0 radical (unpaired) electrons. The van der Waals surface area contributed by atoms with Crippen LogP contribution < -0.4 is 0 Å². The maximum Gasteiger partial charge on any atom is 0.187 e. The molecule has 0 spiro atoms. The molecule has 0 atom stereocenters. The highest BCUT2D eigenvalue weighted by atomic mass is 16.1. The van der Waals surface area contributed by atoms with E-state index in [0.29, 0.717) is 12.1 Å². The van der Waals surface area contributed by atoms with Crippen LogP contribution in [0.2, 0.25) is 0 Å². The average molecular weight is 226 g/mol. The van der Waals surface area contributed by atoms with Crippen LogP contribution in [0.1, 0.15) is 27.2 Å². The largest absolute Gasteiger partial charge is 0.292 e. The molecule has 1 aromatic carbocycles. The summed E-state index contributed by atoms with van der Waals surface area (Å²) in [6.07, 6.45) is 4.98. The molecule has 0 unspecified atom stereocenters. The molecular weight excluding hydrogens is 212 g/mol. The summed E-state index contributed by atoms with van der Waals surface area (Å²) in [5, 5.41) is 0. The third-order valence-electron chi connectivity index (χ3n) is 2.50. The quantitative estimate of drug-likeness (QED) is 0.755. The van der Waals surface area contributed by atoms with Crippen molar-refractivity contribution in [1.29, 1.82) is 0 Å². The molecule has 86 valence electrons. The number of aromatic nitrogens is 2. The Hall–Kier alpha value is -2.03. The molecule has 0 amide bonds. The van der Waals surface area contributed by atoms with Gasteiger partial charge < -0.3 is 0 Å². The molecule has 0 fully saturated rings. The summed E-state index contributed by atoms with van der Waals surface area (Å²) < 4.78 is 0. The van der Waals surface area contributed by atoms with Crippen LogP contribution in [-0.4, -0.2) is 15.8 Å². The van der Waals surface area contributed by atoms with Gasteiger partial charge in [-0.1, -0.05) is 29.3 Å². The fourth-order valence-corrected chi connectivity index (χ4v) is 1.89. The molecule has 3 nitrogen and oxygen atoms in total. The van der Waals surface area contributed by atoms with Crippen LogP contribution in [0.5, 0.6) is 0 Å². The lowest BCUT2D eigenvalue weighted by Crippen LogP contribution is -2.06. The molecule has 1 aromatic heterocycles. The zero-order valence-corrected chi connectivity index (χ0v) is 9.97. The van der Waals surface area contributed by atoms with Gasteiger partial charge in [0.1, 0.15) is 5.69 Å². The van der Waals surface area contributed by atoms with Crippen LogP contribution in [0, 0.1) is 13.8 Å². The number of hydrogen-bond acceptors (Lipinski definition) is 3. The van der Waals surface area contributed by atoms with E-state index in [4.69, 9.17) is 0 Å². The van der Waals surface area contributed by atoms with Crippen LogP contribution in [0.25, 0.3) is 0 Å². The monoisotopic (exact) mass is 226 g/mol. The predicted molar refractivity (Wildman–Crippen MR) is 66.0 cm³/mol. The number of carbonyl (C=O) groups is 1. The van der Waals surface area contributed by atoms with Crippen molar-refractivity contribution in [1.82, 2.24) is 9.97 Å². The molecule has 0 N–H and O–H groups in total. The summed E-state index contributed by atoms with van der Waals surface area (Å²) in [4.78, 5) is 19.8. The Labute approximate surface area is 101 Å². The number of hydrogen-bond donors (Lipinski definition) is 0. The summed E-state index contributed by atoms with van der Waals surface area (Å²) in [6, 6.07) is 6.15. The second kappa shape index (κ2) is 4.87. The Bertz CT molecular complexity index is 515. The third-order valence-corrected chi connectivity index (χ3v) is 2.50. The van der Waals surface area contributed by atoms with Crippen molar-refractivity contribution in [3.8, 4) is 0 Å². The molecule has 17 heavy (non-hydrogen) atoms. The highest BCUT2D eigenvalue weighted by molar-refractivity contribution is 5.95. The molecule has 0 bridgehead atoms. The maximum atomic E-state index is 11.9. The van der Waals surface area contributed by atoms with Crippen LogP contribution >= 0.6 is 0 Å². The van der Waals surface area contributed by atoms with Gasteiger partial charge in [0.2, 0.25) is 0 Å². The molecule has 2 rings (SSSR count). The van der Waals surface area contributed by atoms with Crippen molar-refractivity contribution < 1.29 is 4.79 Å². The SMILES string of the molecule is Cc1cc(C)cc(CC(=O)c2cnccn2)c1. The lowest BCUT2D eigenvalue weighted by Gasteiger charge is -2.04. The van der Waals surface area contributed by atoms with Crippen LogP contribution in [0.3, 0.4) is 0 Å². The van der Waals surface area contributed by atoms with E-state index in [1.165, 1.54) is 23.5 Å². The van der Waals surface area contributed by atoms with E-state index in [2.05, 4.69) is 16.0 Å². The van der Waals surface area contributed by atoms with E-state index in [-0.39, 0.29) is 5.78 Å². The number of Topliss-reactive ketones (excluding diaryl/α,β-unsaturated/α-hetero) is 1. The first-order chi connectivity index (χ1) is 8.15. The van der Waals surface area contributed by atoms with Crippen LogP contribution in [0.15, 0.2) is 36.8 Å². The molecule has 0 saturated carbocycles. The number of benzene rings is 1. The summed E-state index contributed by atoms with van der Waals surface area (Å²) in [7, 11) is 0. The molecular formula is C14H14N2O. The predicted octanol–water partition coefficient (Wildman–Crippen LogP) is 2.52. The van der Waals surface area contributed by atoms with Gasteiger partial charge >= 0.3 is 0 Å². The van der Waals surface area contributed by atoms with Gasteiger partial charge in [0.25, 0.3) is 0 Å². The highest BCUT2D eigenvalue weighted by Crippen LogP contribution is 2.11. The summed E-state index contributed by atoms with van der Waals surface area (Å²) >= 11 is 0. The lowest BCUT2D eigenvalue weighted by molar-refractivity contribution is 0.0988. The van der Waals surface area contributed by atoms with E-state index < -0.39 is 0 Å². The average Bonchev–Trinajstić information content (AvgIpc) is 2.28. The van der Waals surface area contributed by atoms with Gasteiger partial charge in [-0.3, -0.25) is 9.78 Å². The second-order valence-electron chi connectivity index (χ2n) is 4.19. The smallest absolute Gasteiger partial charge is 0.187 e. The van der Waals surface area contributed by atoms with E-state index >= 15 is 0 Å². The van der Waals surface area contributed by atoms with E-state index in [1.54, 1.807) is 6.20 Å². The zero-order chi connectivity index (χ0) is 12.3. The second-order valence-corrected chi connectivity index (χ2v) is 4.19. The fraction of sp³-hybridized carbons (Fsp3) is 0.214. The minimum absolute atomic E-state index is 0.00287. The van der Waals surface area contributed by atoms with Gasteiger partial charge in [-0.05, 0) is 19.4 Å². The Balaban J connectivity index is 2.19. The van der Waals surface area contributed by atoms with Gasteiger partial charge in [0, 0.05) is 18.8 Å². The van der Waals surface area contributed by atoms with Gasteiger partial charge in [-0.15, -0.1) is 0 Å². The number of rotatable bonds is 3. The molecule has 0 aliphatic carbocycles. The molecule has 0 aliphatic rings. The molecule has 0 aliphatic heterocycles. The highest BCUT2D eigenvalue weighted by Gasteiger charge is 2.08. The van der Waals surface area contributed by atoms with Crippen molar-refractivity contribution >= 4 is 5.78 Å². The Morgan fingerprint density at radius 1 is 1.12 bits per heavy atom. The number of aryl methyl sites for hydroxylation is 2. The summed E-state index contributed by atoms with van der Waals surface area (Å²) in [5.74, 6) is 0.00287.